The van der Waals surface area contributed by atoms with Gasteiger partial charge in [0.25, 0.3) is 0 Å². The highest BCUT2D eigenvalue weighted by Gasteiger charge is 2.38. The first-order valence-electron chi connectivity index (χ1n) is 21.1. The zero-order chi connectivity index (χ0) is 49.7. The topological polar surface area (TPSA) is 291 Å². The molecule has 26 heteroatoms. The van der Waals surface area contributed by atoms with Gasteiger partial charge in [-0.3, -0.25) is 4.98 Å². The van der Waals surface area contributed by atoms with Crippen molar-refractivity contribution < 1.29 is 43.1 Å². The average molecular weight is 1030 g/mol. The molecule has 68 heavy (non-hydrogen) atoms. The maximum atomic E-state index is 12.3. The van der Waals surface area contributed by atoms with Crippen molar-refractivity contribution in [2.75, 3.05) is 46.9 Å². The smallest absolute Gasteiger partial charge is 0.245 e. The Morgan fingerprint density at radius 1 is 0.500 bits per heavy atom. The fourth-order valence-corrected chi connectivity index (χ4v) is 13.6. The van der Waals surface area contributed by atoms with Gasteiger partial charge in [0.2, 0.25) is 51.9 Å². The first-order chi connectivity index (χ1) is 32.3. The van der Waals surface area contributed by atoms with Gasteiger partial charge in [-0.05, 0) is 94.7 Å². The Morgan fingerprint density at radius 3 is 1.16 bits per heavy atom. The van der Waals surface area contributed by atoms with Gasteiger partial charge in [-0.25, -0.2) is 48.6 Å². The van der Waals surface area contributed by atoms with Gasteiger partial charge in [0.15, 0.2) is 0 Å². The average Bonchev–Trinajstić information content (AvgIpc) is 4.21. The molecule has 0 spiro atoms. The quantitative estimate of drug-likeness (QED) is 0.202. The van der Waals surface area contributed by atoms with Crippen LogP contribution in [0.3, 0.4) is 0 Å². The molecule has 4 aliphatic rings. The van der Waals surface area contributed by atoms with Crippen LogP contribution < -0.4 is 9.47 Å². The monoisotopic (exact) mass is 1030 g/mol. The van der Waals surface area contributed by atoms with Crippen LogP contribution >= 0.6 is 11.6 Å². The molecule has 8 heterocycles. The van der Waals surface area contributed by atoms with E-state index in [1.165, 1.54) is 92.6 Å². The summed E-state index contributed by atoms with van der Waals surface area (Å²) in [5.41, 5.74) is 0.766. The van der Waals surface area contributed by atoms with Crippen molar-refractivity contribution in [3.8, 4) is 30.0 Å². The van der Waals surface area contributed by atoms with E-state index in [2.05, 4.69) is 19.9 Å². The number of aryl methyl sites for hydroxylation is 1. The Balaban J connectivity index is 0.000000170. The number of sulfonamides is 4. The van der Waals surface area contributed by atoms with E-state index in [0.717, 1.165) is 25.0 Å². The third-order valence-corrected chi connectivity index (χ3v) is 18.8. The molecule has 0 N–H and O–H groups in total. The van der Waals surface area contributed by atoms with Crippen molar-refractivity contribution in [3.63, 3.8) is 0 Å². The number of hydrogen-bond acceptors (Lipinski definition) is 17. The van der Waals surface area contributed by atoms with Crippen LogP contribution in [0.5, 0.6) is 11.8 Å². The highest BCUT2D eigenvalue weighted by atomic mass is 35.5. The molecule has 0 saturated carbocycles. The van der Waals surface area contributed by atoms with Crippen LogP contribution in [0, 0.1) is 40.9 Å². The highest BCUT2D eigenvalue weighted by Crippen LogP contribution is 2.28. The second kappa shape index (κ2) is 23.7. The van der Waals surface area contributed by atoms with E-state index in [9.17, 15) is 33.7 Å². The molecule has 364 valence electrons. The van der Waals surface area contributed by atoms with Crippen LogP contribution in [0.15, 0.2) is 92.9 Å². The first kappa shape index (κ1) is 53.6. The molecule has 0 aromatic carbocycles. The number of hydrogen-bond donors (Lipinski definition) is 0. The molecule has 4 fully saturated rings. The normalized spacial score (nSPS) is 20.2. The molecule has 4 aromatic rings. The number of nitriles is 3. The number of methoxy groups -OCH3 is 2. The third kappa shape index (κ3) is 12.8. The van der Waals surface area contributed by atoms with Crippen LogP contribution in [0.25, 0.3) is 0 Å². The van der Waals surface area contributed by atoms with Gasteiger partial charge >= 0.3 is 0 Å². The van der Waals surface area contributed by atoms with Gasteiger partial charge in [-0.1, -0.05) is 11.6 Å². The lowest BCUT2D eigenvalue weighted by Crippen LogP contribution is -2.34. The van der Waals surface area contributed by atoms with Crippen molar-refractivity contribution >= 4 is 51.7 Å². The Bertz CT molecular complexity index is 2810. The fraction of sp³-hybridized carbons (Fsp3) is 0.452. The number of nitrogens with zero attached hydrogens (tertiary/aromatic N) is 11. The lowest BCUT2D eigenvalue weighted by atomic mass is 10.2. The zero-order valence-electron chi connectivity index (χ0n) is 37.4. The van der Waals surface area contributed by atoms with E-state index in [0.29, 0.717) is 76.6 Å². The number of ether oxygens (including phenoxy) is 2. The summed E-state index contributed by atoms with van der Waals surface area (Å²) < 4.78 is 113. The molecule has 4 aliphatic heterocycles. The predicted octanol–water partition coefficient (Wildman–Crippen LogP) is 4.12. The Morgan fingerprint density at radius 2 is 0.853 bits per heavy atom. The van der Waals surface area contributed by atoms with E-state index >= 15 is 0 Å². The lowest BCUT2D eigenvalue weighted by Gasteiger charge is -2.18. The van der Waals surface area contributed by atoms with Gasteiger partial charge in [0.1, 0.15) is 42.9 Å². The molecule has 0 aliphatic carbocycles. The molecule has 4 saturated heterocycles. The molecule has 21 nitrogen and oxygen atoms in total. The van der Waals surface area contributed by atoms with Crippen LogP contribution in [0.2, 0.25) is 5.15 Å². The maximum absolute atomic E-state index is 12.3. The Hall–Kier alpha value is -5.40. The third-order valence-electron chi connectivity index (χ3n) is 11.0. The molecular weight excluding hydrogens is 982 g/mol. The summed E-state index contributed by atoms with van der Waals surface area (Å²) in [4.78, 5) is 16.1. The number of pyridine rings is 4. The lowest BCUT2D eigenvalue weighted by molar-refractivity contribution is 0.396. The molecule has 0 radical (unpaired) electrons. The van der Waals surface area contributed by atoms with Gasteiger partial charge in [0, 0.05) is 62.9 Å². The second-order valence-corrected chi connectivity index (χ2v) is 23.3. The molecule has 3 atom stereocenters. The molecule has 8 rings (SSSR count). The van der Waals surface area contributed by atoms with E-state index in [1.54, 1.807) is 19.1 Å². The molecular formula is C42H50ClN11O10S4. The second-order valence-electron chi connectivity index (χ2n) is 15.3. The standard InChI is InChI=1S/C11H13N3O3S.C11H13N3O2S.C10H10ClN3O2S.C10H14N2O3S/c1-17-11-5-4-10(8-13-11)18(15,16)14-6-2-3-9(14)7-12;1-9-4-5-11(8-13-9)17(15,16)14-6-2-3-10(14)7-12;11-10-4-3-9(7-13-10)17(15,16)14-5-1-2-8(14)6-12;1-15-10-5-4-9(8-11-10)16(13,14)12-6-2-3-7-12/h4-5,8-9H,2-3,6H2,1H3;4-5,8,10H,2-3,6H2,1H3;3-4,7-8H,1-2,5H2;4-5,8H,2-3,6-7H2,1H3/t;10-;8-;/m.00./s1. The van der Waals surface area contributed by atoms with Crippen LogP contribution in [-0.4, -0.2) is 136 Å². The predicted molar refractivity (Wildman–Crippen MR) is 245 cm³/mol. The van der Waals surface area contributed by atoms with Crippen LogP contribution in [0.1, 0.15) is 57.1 Å². The van der Waals surface area contributed by atoms with Gasteiger partial charge in [-0.15, -0.1) is 0 Å². The number of aromatic nitrogens is 4. The van der Waals surface area contributed by atoms with Gasteiger partial charge in [-0.2, -0.15) is 33.0 Å². The van der Waals surface area contributed by atoms with Crippen LogP contribution in [0.4, 0.5) is 0 Å². The molecule has 0 bridgehead atoms. The van der Waals surface area contributed by atoms with Crippen molar-refractivity contribution in [3.05, 3.63) is 84.2 Å². The summed E-state index contributed by atoms with van der Waals surface area (Å²) in [6, 6.07) is 16.4. The minimum atomic E-state index is -3.63. The van der Waals surface area contributed by atoms with Crippen molar-refractivity contribution in [2.24, 2.45) is 0 Å². The summed E-state index contributed by atoms with van der Waals surface area (Å²) in [7, 11) is -11.2. The Kier molecular flexibility index (Phi) is 18.7. The van der Waals surface area contributed by atoms with Gasteiger partial charge in [0.05, 0.1) is 44.8 Å². The largest absolute Gasteiger partial charge is 0.481 e. The van der Waals surface area contributed by atoms with Gasteiger partial charge < -0.3 is 9.47 Å². The molecule has 1 unspecified atom stereocenters. The SMILES string of the molecule is COc1ccc(S(=O)(=O)N2CCCC2)cn1.COc1ccc(S(=O)(=O)N2CCCC2C#N)cn1.Cc1ccc(S(=O)(=O)N2CCC[C@H]2C#N)cn1.N#C[C@@H]1CCCN1S(=O)(=O)c1ccc(Cl)nc1. The van der Waals surface area contributed by atoms with E-state index < -0.39 is 58.2 Å². The fourth-order valence-electron chi connectivity index (χ4n) is 7.36. The summed E-state index contributed by atoms with van der Waals surface area (Å²) in [6.07, 6.45) is 10.9. The summed E-state index contributed by atoms with van der Waals surface area (Å²) in [5.74, 6) is 0.771. The maximum Gasteiger partial charge on any atom is 0.245 e. The summed E-state index contributed by atoms with van der Waals surface area (Å²) in [5, 5.41) is 27.0. The van der Waals surface area contributed by atoms with Crippen molar-refractivity contribution in [2.45, 2.75) is 96.0 Å². The minimum Gasteiger partial charge on any atom is -0.481 e. The number of rotatable bonds is 10. The van der Waals surface area contributed by atoms with E-state index in [4.69, 9.17) is 36.9 Å². The van der Waals surface area contributed by atoms with Crippen LogP contribution in [-0.2, 0) is 40.1 Å². The highest BCUT2D eigenvalue weighted by molar-refractivity contribution is 7.90. The van der Waals surface area contributed by atoms with Crippen molar-refractivity contribution in [1.29, 1.82) is 15.8 Å². The summed E-state index contributed by atoms with van der Waals surface area (Å²) in [6.45, 7) is 4.18. The first-order valence-corrected chi connectivity index (χ1v) is 27.3. The van der Waals surface area contributed by atoms with E-state index in [1.807, 2.05) is 18.2 Å². The summed E-state index contributed by atoms with van der Waals surface area (Å²) >= 11 is 5.61. The minimum absolute atomic E-state index is 0.0732. The molecule has 4 aromatic heterocycles. The molecule has 0 amide bonds. The number of halogens is 1. The van der Waals surface area contributed by atoms with E-state index in [-0.39, 0.29) is 24.7 Å². The Labute approximate surface area is 402 Å². The van der Waals surface area contributed by atoms with Crippen molar-refractivity contribution in [1.82, 2.24) is 37.2 Å². The zero-order valence-corrected chi connectivity index (χ0v) is 41.4.